The van der Waals surface area contributed by atoms with Gasteiger partial charge in [0, 0.05) is 12.6 Å². The molecule has 0 aliphatic rings. The van der Waals surface area contributed by atoms with Crippen LogP contribution in [0.1, 0.15) is 0 Å². The minimum Gasteiger partial charge on any atom is -0.497 e. The largest absolute Gasteiger partial charge is 0.497 e. The van der Waals surface area contributed by atoms with Crippen molar-refractivity contribution in [3.63, 3.8) is 0 Å². The number of methoxy groups -OCH3 is 2. The van der Waals surface area contributed by atoms with Gasteiger partial charge in [0.1, 0.15) is 34.6 Å². The molecule has 2 rings (SSSR count). The Labute approximate surface area is 173 Å². The summed E-state index contributed by atoms with van der Waals surface area (Å²) in [6.07, 6.45) is 1.06. The molecule has 12 heteroatoms. The molecule has 0 amide bonds. The van der Waals surface area contributed by atoms with E-state index in [1.165, 1.54) is 27.3 Å². The van der Waals surface area contributed by atoms with Crippen molar-refractivity contribution in [2.24, 2.45) is 7.05 Å². The van der Waals surface area contributed by atoms with Crippen molar-refractivity contribution in [3.8, 4) is 22.9 Å². The maximum atomic E-state index is 14.4. The van der Waals surface area contributed by atoms with E-state index in [1.807, 2.05) is 0 Å². The average Bonchev–Trinajstić information content (AvgIpc) is 2.93. The number of hydrogen-bond acceptors (Lipinski definition) is 6. The number of halogens is 5. The molecule has 0 fully saturated rings. The Morgan fingerprint density at radius 2 is 1.97 bits per heavy atom. The molecule has 0 aliphatic heterocycles. The van der Waals surface area contributed by atoms with Crippen LogP contribution in [0.4, 0.5) is 13.2 Å². The molecule has 1 heterocycles. The van der Waals surface area contributed by atoms with Crippen LogP contribution in [-0.4, -0.2) is 43.2 Å². The number of aromatic nitrogens is 2. The fraction of sp³-hybridized carbons (Fsp3) is 0.294. The van der Waals surface area contributed by atoms with Gasteiger partial charge in [-0.15, -0.1) is 0 Å². The Morgan fingerprint density at radius 1 is 1.28 bits per heavy atom. The van der Waals surface area contributed by atoms with Gasteiger partial charge < -0.3 is 18.9 Å². The van der Waals surface area contributed by atoms with Crippen LogP contribution >= 0.6 is 23.2 Å². The molecule has 0 N–H and O–H groups in total. The van der Waals surface area contributed by atoms with Crippen LogP contribution in [0.25, 0.3) is 11.3 Å². The number of esters is 1. The quantitative estimate of drug-likeness (QED) is 0.337. The van der Waals surface area contributed by atoms with Crippen molar-refractivity contribution in [3.05, 3.63) is 39.8 Å². The highest BCUT2D eigenvalue weighted by Crippen LogP contribution is 2.39. The summed E-state index contributed by atoms with van der Waals surface area (Å²) in [6, 6.07) is 2.13. The standard InChI is InChI=1S/C17H15Cl2F3N2O5/c1-24-16(29-17(21)22)14(19)15(23-24)9-5-12(10(18)6-11(9)20)28-7-8(26-2)4-13(25)27-3/h4-6,17H,7H2,1-3H3. The Kier molecular flexibility index (Phi) is 7.63. The second-order valence-corrected chi connectivity index (χ2v) is 6.14. The van der Waals surface area contributed by atoms with E-state index in [9.17, 15) is 18.0 Å². The Balaban J connectivity index is 2.37. The molecule has 0 atom stereocenters. The topological polar surface area (TPSA) is 71.8 Å². The molecule has 0 unspecified atom stereocenters. The number of alkyl halides is 2. The van der Waals surface area contributed by atoms with Crippen molar-refractivity contribution < 1.29 is 36.9 Å². The van der Waals surface area contributed by atoms with Gasteiger partial charge in [0.15, 0.2) is 0 Å². The summed E-state index contributed by atoms with van der Waals surface area (Å²) in [5.41, 5.74) is -0.314. The first-order chi connectivity index (χ1) is 13.7. The number of aryl methyl sites for hydroxylation is 1. The third-order valence-corrected chi connectivity index (χ3v) is 4.17. The highest BCUT2D eigenvalue weighted by molar-refractivity contribution is 6.34. The first kappa shape index (κ1) is 22.7. The third kappa shape index (κ3) is 5.48. The zero-order chi connectivity index (χ0) is 21.7. The van der Waals surface area contributed by atoms with Crippen LogP contribution in [0.15, 0.2) is 24.0 Å². The van der Waals surface area contributed by atoms with Gasteiger partial charge in [-0.1, -0.05) is 23.2 Å². The fourth-order valence-corrected chi connectivity index (χ4v) is 2.70. The van der Waals surface area contributed by atoms with E-state index in [0.29, 0.717) is 0 Å². The molecule has 0 radical (unpaired) electrons. The zero-order valence-electron chi connectivity index (χ0n) is 15.3. The fourth-order valence-electron chi connectivity index (χ4n) is 2.19. The lowest BCUT2D eigenvalue weighted by atomic mass is 10.1. The number of ether oxygens (including phenoxy) is 4. The lowest BCUT2D eigenvalue weighted by Gasteiger charge is -2.12. The molecule has 7 nitrogen and oxygen atoms in total. The molecule has 0 bridgehead atoms. The van der Waals surface area contributed by atoms with Crippen LogP contribution in [-0.2, 0) is 21.3 Å². The van der Waals surface area contributed by atoms with Gasteiger partial charge in [0.2, 0.25) is 5.88 Å². The number of benzene rings is 1. The first-order valence-electron chi connectivity index (χ1n) is 7.79. The van der Waals surface area contributed by atoms with E-state index in [-0.39, 0.29) is 39.4 Å². The Morgan fingerprint density at radius 3 is 2.55 bits per heavy atom. The molecule has 0 saturated heterocycles. The molecular formula is C17H15Cl2F3N2O5. The average molecular weight is 455 g/mol. The van der Waals surface area contributed by atoms with Crippen molar-refractivity contribution in [1.82, 2.24) is 9.78 Å². The summed E-state index contributed by atoms with van der Waals surface area (Å²) in [4.78, 5) is 11.3. The SMILES string of the molecule is COC(=O)C=C(COc1cc(-c2nn(C)c(OC(F)F)c2Cl)c(F)cc1Cl)OC. The van der Waals surface area contributed by atoms with E-state index in [2.05, 4.69) is 14.6 Å². The van der Waals surface area contributed by atoms with Gasteiger partial charge in [-0.3, -0.25) is 0 Å². The third-order valence-electron chi connectivity index (χ3n) is 3.53. The van der Waals surface area contributed by atoms with Gasteiger partial charge in [-0.05, 0) is 12.1 Å². The minimum atomic E-state index is -3.14. The number of rotatable bonds is 8. The smallest absolute Gasteiger partial charge is 0.388 e. The number of carbonyl (C=O) groups excluding carboxylic acids is 1. The van der Waals surface area contributed by atoms with Crippen molar-refractivity contribution in [2.45, 2.75) is 6.61 Å². The van der Waals surface area contributed by atoms with Crippen molar-refractivity contribution >= 4 is 29.2 Å². The summed E-state index contributed by atoms with van der Waals surface area (Å²) >= 11 is 12.0. The molecule has 2 aromatic rings. The van der Waals surface area contributed by atoms with Gasteiger partial charge >= 0.3 is 12.6 Å². The van der Waals surface area contributed by atoms with E-state index < -0.39 is 24.3 Å². The molecule has 0 saturated carbocycles. The van der Waals surface area contributed by atoms with E-state index in [0.717, 1.165) is 16.8 Å². The van der Waals surface area contributed by atoms with Gasteiger partial charge in [0.05, 0.1) is 25.3 Å². The van der Waals surface area contributed by atoms with E-state index in [1.54, 1.807) is 0 Å². The molecule has 0 spiro atoms. The van der Waals surface area contributed by atoms with E-state index >= 15 is 0 Å². The van der Waals surface area contributed by atoms with Crippen molar-refractivity contribution in [1.29, 1.82) is 0 Å². The Hall–Kier alpha value is -2.59. The Bertz CT molecular complexity index is 934. The number of hydrogen-bond donors (Lipinski definition) is 0. The second kappa shape index (κ2) is 9.75. The maximum absolute atomic E-state index is 14.4. The molecule has 1 aromatic carbocycles. The second-order valence-electron chi connectivity index (χ2n) is 5.36. The van der Waals surface area contributed by atoms with Gasteiger partial charge in [-0.25, -0.2) is 13.9 Å². The summed E-state index contributed by atoms with van der Waals surface area (Å²) in [5.74, 6) is -1.79. The lowest BCUT2D eigenvalue weighted by molar-refractivity contribution is -0.135. The molecule has 1 aromatic heterocycles. The van der Waals surface area contributed by atoms with Crippen molar-refractivity contribution in [2.75, 3.05) is 20.8 Å². The summed E-state index contributed by atoms with van der Waals surface area (Å²) in [6.45, 7) is -3.37. The lowest BCUT2D eigenvalue weighted by Crippen LogP contribution is -2.07. The van der Waals surface area contributed by atoms with E-state index in [4.69, 9.17) is 32.7 Å². The zero-order valence-corrected chi connectivity index (χ0v) is 16.9. The predicted octanol–water partition coefficient (Wildman–Crippen LogP) is 4.22. The van der Waals surface area contributed by atoms with Crippen LogP contribution in [0.2, 0.25) is 10.0 Å². The number of nitrogens with zero attached hydrogens (tertiary/aromatic N) is 2. The summed E-state index contributed by atoms with van der Waals surface area (Å²) < 4.78 is 59.7. The molecule has 0 aliphatic carbocycles. The maximum Gasteiger partial charge on any atom is 0.388 e. The number of carbonyl (C=O) groups is 1. The highest BCUT2D eigenvalue weighted by Gasteiger charge is 2.23. The van der Waals surface area contributed by atoms with Crippen LogP contribution in [0.5, 0.6) is 11.6 Å². The van der Waals surface area contributed by atoms with Crippen LogP contribution in [0.3, 0.4) is 0 Å². The first-order valence-corrected chi connectivity index (χ1v) is 8.55. The summed E-state index contributed by atoms with van der Waals surface area (Å²) in [7, 11) is 3.81. The predicted molar refractivity (Wildman–Crippen MR) is 97.9 cm³/mol. The van der Waals surface area contributed by atoms with Crippen LogP contribution in [0, 0.1) is 5.82 Å². The normalized spacial score (nSPS) is 11.6. The highest BCUT2D eigenvalue weighted by atomic mass is 35.5. The van der Waals surface area contributed by atoms with Gasteiger partial charge in [-0.2, -0.15) is 13.9 Å². The van der Waals surface area contributed by atoms with Gasteiger partial charge in [0.25, 0.3) is 0 Å². The summed E-state index contributed by atoms with van der Waals surface area (Å²) in [5, 5.41) is 3.51. The monoisotopic (exact) mass is 454 g/mol. The molecule has 158 valence electrons. The molecule has 29 heavy (non-hydrogen) atoms. The molecular weight excluding hydrogens is 440 g/mol. The minimum absolute atomic E-state index is 0.00827. The van der Waals surface area contributed by atoms with Crippen LogP contribution < -0.4 is 9.47 Å².